The first kappa shape index (κ1) is 19.0. The fourth-order valence-electron chi connectivity index (χ4n) is 3.97. The Morgan fingerprint density at radius 3 is 2.17 bits per heavy atom. The van der Waals surface area contributed by atoms with Crippen LogP contribution in [0, 0.1) is 5.92 Å². The first-order chi connectivity index (χ1) is 14.1. The zero-order valence-corrected chi connectivity index (χ0v) is 16.3. The van der Waals surface area contributed by atoms with Gasteiger partial charge in [0.2, 0.25) is 0 Å². The molecule has 1 heterocycles. The molecular weight excluding hydrogens is 362 g/mol. The van der Waals surface area contributed by atoms with E-state index in [2.05, 4.69) is 6.58 Å². The average molecular weight is 385 g/mol. The van der Waals surface area contributed by atoms with E-state index in [0.717, 1.165) is 11.1 Å². The number of hydrogen-bond donors (Lipinski definition) is 1. The smallest absolute Gasteiger partial charge is 0.264 e. The van der Waals surface area contributed by atoms with Gasteiger partial charge in [0.15, 0.2) is 5.60 Å². The van der Waals surface area contributed by atoms with Crippen LogP contribution in [-0.4, -0.2) is 24.7 Å². The molecule has 0 saturated carbocycles. The minimum absolute atomic E-state index is 0.338. The van der Waals surface area contributed by atoms with Crippen LogP contribution in [0.3, 0.4) is 0 Å². The van der Waals surface area contributed by atoms with Crippen LogP contribution in [0.2, 0.25) is 0 Å². The normalized spacial score (nSPS) is 21.2. The van der Waals surface area contributed by atoms with E-state index in [-0.39, 0.29) is 5.91 Å². The Balaban J connectivity index is 1.79. The lowest BCUT2D eigenvalue weighted by Crippen LogP contribution is -2.41. The highest BCUT2D eigenvalue weighted by Gasteiger charge is 2.55. The summed E-state index contributed by atoms with van der Waals surface area (Å²) in [5, 5.41) is 11.8. The highest BCUT2D eigenvalue weighted by Crippen LogP contribution is 2.46. The van der Waals surface area contributed by atoms with Crippen molar-refractivity contribution in [3.63, 3.8) is 0 Å². The van der Waals surface area contributed by atoms with E-state index in [9.17, 15) is 9.90 Å². The van der Waals surface area contributed by atoms with Gasteiger partial charge in [-0.1, -0.05) is 67.2 Å². The summed E-state index contributed by atoms with van der Waals surface area (Å²) in [5.74, 6) is -0.123. The molecule has 0 aliphatic carbocycles. The standard InChI is InChI=1S/C25H23NO3/c1-18(19-9-5-3-6-10-19)23-17-26(21-13-15-22(29-2)16-14-21)24(27)25(23,28)20-11-7-4-8-12-20/h3-16,23,28H,1,17H2,2H3/t23-,25+/m0/s1. The van der Waals surface area contributed by atoms with E-state index in [4.69, 9.17) is 4.74 Å². The summed E-state index contributed by atoms with van der Waals surface area (Å²) in [6, 6.07) is 26.1. The molecule has 1 saturated heterocycles. The van der Waals surface area contributed by atoms with Crippen molar-refractivity contribution in [2.75, 3.05) is 18.6 Å². The number of amides is 1. The number of hydrogen-bond acceptors (Lipinski definition) is 3. The van der Waals surface area contributed by atoms with Crippen LogP contribution in [0.5, 0.6) is 5.75 Å². The van der Waals surface area contributed by atoms with Gasteiger partial charge in [-0.2, -0.15) is 0 Å². The van der Waals surface area contributed by atoms with Crippen molar-refractivity contribution in [1.29, 1.82) is 0 Å². The monoisotopic (exact) mass is 385 g/mol. The molecule has 1 aliphatic rings. The van der Waals surface area contributed by atoms with Crippen LogP contribution in [0.25, 0.3) is 5.57 Å². The van der Waals surface area contributed by atoms with Crippen LogP contribution < -0.4 is 9.64 Å². The van der Waals surface area contributed by atoms with E-state index in [1.54, 1.807) is 24.1 Å². The highest BCUT2D eigenvalue weighted by atomic mass is 16.5. The number of nitrogens with zero attached hydrogens (tertiary/aromatic N) is 1. The van der Waals surface area contributed by atoms with E-state index in [1.807, 2.05) is 72.8 Å². The number of methoxy groups -OCH3 is 1. The lowest BCUT2D eigenvalue weighted by Gasteiger charge is -2.29. The molecule has 0 bridgehead atoms. The number of ether oxygens (including phenoxy) is 1. The second-order valence-electron chi connectivity index (χ2n) is 7.19. The Morgan fingerprint density at radius 2 is 1.59 bits per heavy atom. The number of benzene rings is 3. The first-order valence-electron chi connectivity index (χ1n) is 9.54. The SMILES string of the molecule is C=C(c1ccccc1)[C@@H]1CN(c2ccc(OC)cc2)C(=O)[C@@]1(O)c1ccccc1. The molecule has 0 unspecified atom stereocenters. The maximum atomic E-state index is 13.5. The number of aliphatic hydroxyl groups is 1. The van der Waals surface area contributed by atoms with Crippen molar-refractivity contribution in [3.05, 3.63) is 103 Å². The molecule has 1 amide bonds. The molecule has 4 rings (SSSR count). The minimum atomic E-state index is -1.69. The maximum Gasteiger partial charge on any atom is 0.264 e. The van der Waals surface area contributed by atoms with Gasteiger partial charge in [0, 0.05) is 18.2 Å². The summed E-state index contributed by atoms with van der Waals surface area (Å²) >= 11 is 0. The Labute approximate surface area is 170 Å². The summed E-state index contributed by atoms with van der Waals surface area (Å²) in [5.41, 5.74) is 1.25. The predicted octanol–water partition coefficient (Wildman–Crippen LogP) is 4.26. The molecule has 1 aliphatic heterocycles. The molecule has 1 fully saturated rings. The number of rotatable bonds is 5. The largest absolute Gasteiger partial charge is 0.497 e. The van der Waals surface area contributed by atoms with Crippen molar-refractivity contribution in [2.24, 2.45) is 5.92 Å². The highest BCUT2D eigenvalue weighted by molar-refractivity contribution is 6.04. The summed E-state index contributed by atoms with van der Waals surface area (Å²) in [7, 11) is 1.60. The van der Waals surface area contributed by atoms with Crippen molar-refractivity contribution >= 4 is 17.2 Å². The fraction of sp³-hybridized carbons (Fsp3) is 0.160. The molecule has 146 valence electrons. The van der Waals surface area contributed by atoms with E-state index < -0.39 is 11.5 Å². The molecule has 0 spiro atoms. The molecular formula is C25H23NO3. The van der Waals surface area contributed by atoms with E-state index in [1.165, 1.54) is 0 Å². The molecule has 4 nitrogen and oxygen atoms in total. The minimum Gasteiger partial charge on any atom is -0.497 e. The topological polar surface area (TPSA) is 49.8 Å². The van der Waals surface area contributed by atoms with Crippen molar-refractivity contribution in [2.45, 2.75) is 5.60 Å². The number of anilines is 1. The van der Waals surface area contributed by atoms with Gasteiger partial charge in [0.1, 0.15) is 5.75 Å². The van der Waals surface area contributed by atoms with Crippen LogP contribution in [-0.2, 0) is 10.4 Å². The quantitative estimate of drug-likeness (QED) is 0.714. The molecule has 1 N–H and O–H groups in total. The van der Waals surface area contributed by atoms with Gasteiger partial charge in [-0.05, 0) is 41.0 Å². The summed E-state index contributed by atoms with van der Waals surface area (Å²) in [4.78, 5) is 15.2. The summed E-state index contributed by atoms with van der Waals surface area (Å²) in [6.45, 7) is 4.60. The van der Waals surface area contributed by atoms with Crippen LogP contribution in [0.4, 0.5) is 5.69 Å². The van der Waals surface area contributed by atoms with Gasteiger partial charge in [-0.25, -0.2) is 0 Å². The zero-order chi connectivity index (χ0) is 20.4. The van der Waals surface area contributed by atoms with Crippen LogP contribution in [0.1, 0.15) is 11.1 Å². The van der Waals surface area contributed by atoms with Gasteiger partial charge in [-0.3, -0.25) is 4.79 Å². The Morgan fingerprint density at radius 1 is 1.00 bits per heavy atom. The van der Waals surface area contributed by atoms with E-state index >= 15 is 0 Å². The summed E-state index contributed by atoms with van der Waals surface area (Å²) in [6.07, 6.45) is 0. The zero-order valence-electron chi connectivity index (χ0n) is 16.3. The average Bonchev–Trinajstić information content (AvgIpc) is 3.06. The Kier molecular flexibility index (Phi) is 4.95. The third-order valence-electron chi connectivity index (χ3n) is 5.60. The molecule has 0 radical (unpaired) electrons. The summed E-state index contributed by atoms with van der Waals surface area (Å²) < 4.78 is 5.22. The lowest BCUT2D eigenvalue weighted by molar-refractivity contribution is -0.135. The molecule has 3 aromatic carbocycles. The van der Waals surface area contributed by atoms with Gasteiger partial charge < -0.3 is 14.7 Å². The fourth-order valence-corrected chi connectivity index (χ4v) is 3.97. The van der Waals surface area contributed by atoms with Gasteiger partial charge in [0.25, 0.3) is 5.91 Å². The van der Waals surface area contributed by atoms with Gasteiger partial charge >= 0.3 is 0 Å². The first-order valence-corrected chi connectivity index (χ1v) is 9.54. The number of carbonyl (C=O) groups is 1. The van der Waals surface area contributed by atoms with Crippen molar-refractivity contribution in [3.8, 4) is 5.75 Å². The Bertz CT molecular complexity index is 1010. The van der Waals surface area contributed by atoms with Gasteiger partial charge in [0.05, 0.1) is 7.11 Å². The van der Waals surface area contributed by atoms with Crippen LogP contribution >= 0.6 is 0 Å². The second kappa shape index (κ2) is 7.57. The molecule has 4 heteroatoms. The third-order valence-corrected chi connectivity index (χ3v) is 5.60. The Hall–Kier alpha value is -3.37. The molecule has 0 aromatic heterocycles. The molecule has 29 heavy (non-hydrogen) atoms. The predicted molar refractivity (Wildman–Crippen MR) is 115 cm³/mol. The lowest BCUT2D eigenvalue weighted by atomic mass is 9.77. The maximum absolute atomic E-state index is 13.5. The van der Waals surface area contributed by atoms with E-state index in [0.29, 0.717) is 23.5 Å². The van der Waals surface area contributed by atoms with Crippen LogP contribution in [0.15, 0.2) is 91.5 Å². The molecule has 3 aromatic rings. The second-order valence-corrected chi connectivity index (χ2v) is 7.19. The van der Waals surface area contributed by atoms with Crippen molar-refractivity contribution in [1.82, 2.24) is 0 Å². The third kappa shape index (κ3) is 3.22. The van der Waals surface area contributed by atoms with Crippen molar-refractivity contribution < 1.29 is 14.6 Å². The van der Waals surface area contributed by atoms with Gasteiger partial charge in [-0.15, -0.1) is 0 Å². The number of carbonyl (C=O) groups excluding carboxylic acids is 1. The molecule has 2 atom stereocenters.